The molecule has 2 aromatic rings. The Balaban J connectivity index is 2.11. The fourth-order valence-corrected chi connectivity index (χ4v) is 4.06. The largest absolute Gasteiger partial charge is 0.481 e. The van der Waals surface area contributed by atoms with Crippen molar-refractivity contribution in [2.24, 2.45) is 0 Å². The molecule has 0 fully saturated rings. The van der Waals surface area contributed by atoms with Crippen LogP contribution >= 0.6 is 0 Å². The predicted octanol–water partition coefficient (Wildman–Crippen LogP) is 2.45. The van der Waals surface area contributed by atoms with Gasteiger partial charge in [-0.3, -0.25) is 4.79 Å². The molecule has 2 aromatic carbocycles. The molecule has 7 heteroatoms. The Bertz CT molecular complexity index is 889. The number of carboxylic acids is 1. The van der Waals surface area contributed by atoms with Crippen LogP contribution in [0.3, 0.4) is 0 Å². The topological polar surface area (TPSA) is 107 Å². The summed E-state index contributed by atoms with van der Waals surface area (Å²) in [5.41, 5.74) is 1.83. The van der Waals surface area contributed by atoms with Crippen LogP contribution in [0.1, 0.15) is 29.5 Å². The lowest BCUT2D eigenvalue weighted by atomic mass is 10.0. The molecule has 0 spiro atoms. The SMILES string of the molecule is N#Cc1cccc(CS(=O)(=O)NC(CCC(=O)O)Cc2ccccc2)c1. The van der Waals surface area contributed by atoms with E-state index in [1.54, 1.807) is 18.2 Å². The zero-order valence-electron chi connectivity index (χ0n) is 14.1. The zero-order chi connectivity index (χ0) is 19.0. The highest BCUT2D eigenvalue weighted by molar-refractivity contribution is 7.88. The second-order valence-corrected chi connectivity index (χ2v) is 7.76. The standard InChI is InChI=1S/C19H20N2O4S/c20-13-16-7-4-8-17(11-16)14-26(24,25)21-18(9-10-19(22)23)12-15-5-2-1-3-6-15/h1-8,11,18,21H,9-10,12,14H2,(H,22,23). The van der Waals surface area contributed by atoms with E-state index in [1.165, 1.54) is 6.07 Å². The number of hydrogen-bond donors (Lipinski definition) is 2. The van der Waals surface area contributed by atoms with E-state index < -0.39 is 22.0 Å². The normalized spacial score (nSPS) is 12.3. The minimum atomic E-state index is -3.68. The van der Waals surface area contributed by atoms with Gasteiger partial charge in [-0.05, 0) is 36.1 Å². The Morgan fingerprint density at radius 1 is 1.12 bits per heavy atom. The molecule has 0 aliphatic heterocycles. The lowest BCUT2D eigenvalue weighted by Gasteiger charge is -2.18. The van der Waals surface area contributed by atoms with E-state index >= 15 is 0 Å². The number of hydrogen-bond acceptors (Lipinski definition) is 4. The van der Waals surface area contributed by atoms with Crippen molar-refractivity contribution in [3.05, 3.63) is 71.3 Å². The number of carbonyl (C=O) groups is 1. The van der Waals surface area contributed by atoms with Crippen LogP contribution in [0.15, 0.2) is 54.6 Å². The van der Waals surface area contributed by atoms with Gasteiger partial charge in [-0.25, -0.2) is 13.1 Å². The molecule has 0 saturated carbocycles. The molecule has 0 heterocycles. The molecule has 0 radical (unpaired) electrons. The summed E-state index contributed by atoms with van der Waals surface area (Å²) in [6, 6.07) is 17.2. The van der Waals surface area contributed by atoms with Crippen molar-refractivity contribution in [1.29, 1.82) is 5.26 Å². The van der Waals surface area contributed by atoms with E-state index in [4.69, 9.17) is 10.4 Å². The molecule has 26 heavy (non-hydrogen) atoms. The van der Waals surface area contributed by atoms with E-state index in [0.29, 0.717) is 17.5 Å². The van der Waals surface area contributed by atoms with Crippen molar-refractivity contribution in [3.8, 4) is 6.07 Å². The van der Waals surface area contributed by atoms with Crippen LogP contribution in [-0.2, 0) is 27.0 Å². The molecule has 2 rings (SSSR count). The average Bonchev–Trinajstić information content (AvgIpc) is 2.60. The van der Waals surface area contributed by atoms with Crippen molar-refractivity contribution in [2.75, 3.05) is 0 Å². The summed E-state index contributed by atoms with van der Waals surface area (Å²) in [6.07, 6.45) is 0.483. The first kappa shape index (κ1) is 19.6. The number of aliphatic carboxylic acids is 1. The summed E-state index contributed by atoms with van der Waals surface area (Å²) in [6.45, 7) is 0. The van der Waals surface area contributed by atoms with Gasteiger partial charge in [0, 0.05) is 12.5 Å². The highest BCUT2D eigenvalue weighted by Gasteiger charge is 2.20. The summed E-state index contributed by atoms with van der Waals surface area (Å²) in [4.78, 5) is 10.9. The van der Waals surface area contributed by atoms with Crippen LogP contribution in [0, 0.1) is 11.3 Å². The van der Waals surface area contributed by atoms with Gasteiger partial charge in [0.25, 0.3) is 0 Å². The second kappa shape index (κ2) is 9.13. The summed E-state index contributed by atoms with van der Waals surface area (Å²) in [5.74, 6) is -1.23. The van der Waals surface area contributed by atoms with Gasteiger partial charge in [0.1, 0.15) is 0 Å². The van der Waals surface area contributed by atoms with E-state index in [2.05, 4.69) is 4.72 Å². The lowest BCUT2D eigenvalue weighted by molar-refractivity contribution is -0.137. The van der Waals surface area contributed by atoms with Gasteiger partial charge in [0.05, 0.1) is 17.4 Å². The van der Waals surface area contributed by atoms with Crippen molar-refractivity contribution >= 4 is 16.0 Å². The van der Waals surface area contributed by atoms with Crippen LogP contribution in [0.4, 0.5) is 0 Å². The maximum absolute atomic E-state index is 12.5. The Morgan fingerprint density at radius 2 is 1.81 bits per heavy atom. The summed E-state index contributed by atoms with van der Waals surface area (Å²) < 4.78 is 27.6. The maximum Gasteiger partial charge on any atom is 0.303 e. The molecule has 2 N–H and O–H groups in total. The predicted molar refractivity (Wildman–Crippen MR) is 97.7 cm³/mol. The first-order valence-corrected chi connectivity index (χ1v) is 9.78. The Kier molecular flexibility index (Phi) is 6.89. The highest BCUT2D eigenvalue weighted by Crippen LogP contribution is 2.12. The molecule has 0 aliphatic carbocycles. The fraction of sp³-hybridized carbons (Fsp3) is 0.263. The first-order valence-electron chi connectivity index (χ1n) is 8.13. The maximum atomic E-state index is 12.5. The van der Waals surface area contributed by atoms with Gasteiger partial charge in [-0.1, -0.05) is 42.5 Å². The van der Waals surface area contributed by atoms with Gasteiger partial charge >= 0.3 is 5.97 Å². The smallest absolute Gasteiger partial charge is 0.303 e. The minimum absolute atomic E-state index is 0.121. The molecule has 0 bridgehead atoms. The fourth-order valence-electron chi connectivity index (χ4n) is 2.64. The second-order valence-electron chi connectivity index (χ2n) is 6.01. The first-order chi connectivity index (χ1) is 12.4. The number of nitrogens with one attached hydrogen (secondary N) is 1. The number of carboxylic acid groups (broad SMARTS) is 1. The van der Waals surface area contributed by atoms with Crippen LogP contribution < -0.4 is 4.72 Å². The molecular weight excluding hydrogens is 352 g/mol. The third kappa shape index (κ3) is 6.67. The van der Waals surface area contributed by atoms with E-state index in [0.717, 1.165) is 5.56 Å². The molecule has 6 nitrogen and oxygen atoms in total. The molecule has 1 unspecified atom stereocenters. The number of benzene rings is 2. The monoisotopic (exact) mass is 372 g/mol. The molecule has 136 valence electrons. The molecule has 0 amide bonds. The number of rotatable bonds is 9. The molecule has 0 saturated heterocycles. The number of nitriles is 1. The van der Waals surface area contributed by atoms with Crippen molar-refractivity contribution in [3.63, 3.8) is 0 Å². The molecular formula is C19H20N2O4S. The van der Waals surface area contributed by atoms with Gasteiger partial charge in [0.15, 0.2) is 0 Å². The molecule has 1 atom stereocenters. The van der Waals surface area contributed by atoms with Gasteiger partial charge in [0.2, 0.25) is 10.0 Å². The van der Waals surface area contributed by atoms with Gasteiger partial charge in [-0.2, -0.15) is 5.26 Å². The zero-order valence-corrected chi connectivity index (χ0v) is 14.9. The summed E-state index contributed by atoms with van der Waals surface area (Å²) in [5, 5.41) is 17.8. The van der Waals surface area contributed by atoms with Crippen molar-refractivity contribution < 1.29 is 18.3 Å². The van der Waals surface area contributed by atoms with Crippen molar-refractivity contribution in [1.82, 2.24) is 4.72 Å². The third-order valence-electron chi connectivity index (χ3n) is 3.79. The van der Waals surface area contributed by atoms with Crippen LogP contribution in [-0.4, -0.2) is 25.5 Å². The Labute approximate surface area is 153 Å². The van der Waals surface area contributed by atoms with E-state index in [-0.39, 0.29) is 18.6 Å². The Morgan fingerprint density at radius 3 is 2.46 bits per heavy atom. The molecule has 0 aromatic heterocycles. The van der Waals surface area contributed by atoms with Crippen LogP contribution in [0.5, 0.6) is 0 Å². The average molecular weight is 372 g/mol. The van der Waals surface area contributed by atoms with Crippen LogP contribution in [0.2, 0.25) is 0 Å². The molecule has 0 aliphatic rings. The van der Waals surface area contributed by atoms with Crippen LogP contribution in [0.25, 0.3) is 0 Å². The highest BCUT2D eigenvalue weighted by atomic mass is 32.2. The lowest BCUT2D eigenvalue weighted by Crippen LogP contribution is -2.37. The Hall–Kier alpha value is -2.69. The number of sulfonamides is 1. The number of nitrogens with zero attached hydrogens (tertiary/aromatic N) is 1. The third-order valence-corrected chi connectivity index (χ3v) is 5.20. The van der Waals surface area contributed by atoms with Gasteiger partial charge < -0.3 is 5.11 Å². The summed E-state index contributed by atoms with van der Waals surface area (Å²) in [7, 11) is -3.68. The minimum Gasteiger partial charge on any atom is -0.481 e. The van der Waals surface area contributed by atoms with Gasteiger partial charge in [-0.15, -0.1) is 0 Å². The van der Waals surface area contributed by atoms with E-state index in [9.17, 15) is 13.2 Å². The quantitative estimate of drug-likeness (QED) is 0.703. The van der Waals surface area contributed by atoms with E-state index in [1.807, 2.05) is 36.4 Å². The van der Waals surface area contributed by atoms with Crippen molar-refractivity contribution in [2.45, 2.75) is 31.1 Å². The summed E-state index contributed by atoms with van der Waals surface area (Å²) >= 11 is 0.